The zero-order valence-electron chi connectivity index (χ0n) is 38.0. The molecule has 0 spiro atoms. The van der Waals surface area contributed by atoms with Crippen molar-refractivity contribution in [3.05, 3.63) is 132 Å². The van der Waals surface area contributed by atoms with Gasteiger partial charge >= 0.3 is 0 Å². The number of hydrogen-bond acceptors (Lipinski definition) is 2. The average molecular weight is 872 g/mol. The van der Waals surface area contributed by atoms with E-state index in [2.05, 4.69) is 201 Å². The summed E-state index contributed by atoms with van der Waals surface area (Å²) in [6, 6.07) is 46.3. The maximum absolute atomic E-state index is 6.40. The molecular weight excluding hydrogens is 801 g/mol. The molecule has 8 heteroatoms. The van der Waals surface area contributed by atoms with Crippen LogP contribution in [-0.4, -0.2) is 64.5 Å². The molecule has 0 aromatic heterocycles. The van der Waals surface area contributed by atoms with Crippen LogP contribution in [0.1, 0.15) is 36.5 Å². The Bertz CT molecular complexity index is 1880. The molecule has 0 fully saturated rings. The molecule has 0 unspecified atom stereocenters. The molecule has 0 aliphatic rings. The normalized spacial score (nSPS) is 12.6. The number of benzene rings is 5. The van der Waals surface area contributed by atoms with Gasteiger partial charge in [-0.1, -0.05) is 213 Å². The summed E-state index contributed by atoms with van der Waals surface area (Å²) in [5, 5.41) is 9.67. The molecule has 306 valence electrons. The highest BCUT2D eigenvalue weighted by atomic mass is 28.3. The quantitative estimate of drug-likeness (QED) is 0.0468. The van der Waals surface area contributed by atoms with Crippen LogP contribution in [0.15, 0.2) is 115 Å². The molecule has 0 saturated heterocycles. The first kappa shape index (κ1) is 46.1. The van der Waals surface area contributed by atoms with E-state index in [1.807, 2.05) is 0 Å². The van der Waals surface area contributed by atoms with Crippen LogP contribution in [0.25, 0.3) is 0 Å². The van der Waals surface area contributed by atoms with Gasteiger partial charge in [0.25, 0.3) is 0 Å². The Morgan fingerprint density at radius 1 is 0.431 bits per heavy atom. The first-order valence-electron chi connectivity index (χ1n) is 21.5. The SMILES string of the molecule is C[Si](C)c1cc([Si](C)C)cc([Si](C)(C)CCCOc2ccc(C(C)(c3ccccc3)c3ccc(OCCC[Si](C)(C)c4cc([Si](C)C)cc([Si](C)C)c4)cc3)cc2)c1. The minimum Gasteiger partial charge on any atom is -0.494 e. The van der Waals surface area contributed by atoms with Crippen molar-refractivity contribution in [1.82, 2.24) is 0 Å². The highest BCUT2D eigenvalue weighted by Gasteiger charge is 2.32. The Kier molecular flexibility index (Phi) is 15.9. The fraction of sp³-hybridized carbons (Fsp3) is 0.400. The largest absolute Gasteiger partial charge is 0.494 e. The van der Waals surface area contributed by atoms with Gasteiger partial charge in [0.15, 0.2) is 0 Å². The van der Waals surface area contributed by atoms with Gasteiger partial charge in [-0.2, -0.15) is 0 Å². The van der Waals surface area contributed by atoms with E-state index in [-0.39, 0.29) is 5.41 Å². The van der Waals surface area contributed by atoms with Gasteiger partial charge in [0, 0.05) is 5.41 Å². The van der Waals surface area contributed by atoms with Crippen LogP contribution in [0.5, 0.6) is 11.5 Å². The fourth-order valence-corrected chi connectivity index (χ4v) is 17.2. The van der Waals surface area contributed by atoms with Crippen molar-refractivity contribution in [3.63, 3.8) is 0 Å². The molecule has 2 nitrogen and oxygen atoms in total. The third kappa shape index (κ3) is 11.6. The van der Waals surface area contributed by atoms with E-state index < -0.39 is 51.3 Å². The van der Waals surface area contributed by atoms with Crippen molar-refractivity contribution in [2.24, 2.45) is 0 Å². The molecule has 0 N–H and O–H groups in total. The Labute approximate surface area is 362 Å². The van der Waals surface area contributed by atoms with Gasteiger partial charge < -0.3 is 9.47 Å². The van der Waals surface area contributed by atoms with Crippen LogP contribution < -0.4 is 40.6 Å². The monoisotopic (exact) mass is 870 g/mol. The van der Waals surface area contributed by atoms with E-state index in [0.29, 0.717) is 0 Å². The van der Waals surface area contributed by atoms with Gasteiger partial charge in [-0.25, -0.2) is 0 Å². The van der Waals surface area contributed by atoms with Crippen molar-refractivity contribution in [1.29, 1.82) is 0 Å². The summed E-state index contributed by atoms with van der Waals surface area (Å²) in [5.74, 6) is 1.89. The van der Waals surface area contributed by atoms with Crippen LogP contribution in [0.2, 0.25) is 90.7 Å². The molecule has 5 aromatic rings. The van der Waals surface area contributed by atoms with Crippen molar-refractivity contribution < 1.29 is 9.47 Å². The molecular formula is C50H70O2Si6. The maximum Gasteiger partial charge on any atom is 0.119 e. The van der Waals surface area contributed by atoms with Gasteiger partial charge in [-0.05, 0) is 60.7 Å². The maximum atomic E-state index is 6.40. The molecule has 5 rings (SSSR count). The predicted molar refractivity (Wildman–Crippen MR) is 270 cm³/mol. The van der Waals surface area contributed by atoms with Crippen molar-refractivity contribution >= 4 is 82.5 Å². The Morgan fingerprint density at radius 3 is 1.05 bits per heavy atom. The molecule has 58 heavy (non-hydrogen) atoms. The molecule has 5 aromatic carbocycles. The lowest BCUT2D eigenvalue weighted by molar-refractivity contribution is 0.316. The van der Waals surface area contributed by atoms with E-state index in [9.17, 15) is 0 Å². The molecule has 0 atom stereocenters. The molecule has 0 saturated carbocycles. The Hall–Kier alpha value is -3.00. The third-order valence-electron chi connectivity index (χ3n) is 12.4. The molecule has 0 aliphatic carbocycles. The van der Waals surface area contributed by atoms with E-state index in [4.69, 9.17) is 9.47 Å². The summed E-state index contributed by atoms with van der Waals surface area (Å²) in [5.41, 5.74) is 3.45. The summed E-state index contributed by atoms with van der Waals surface area (Å²) in [4.78, 5) is 0. The zero-order valence-corrected chi connectivity index (χ0v) is 44.0. The fourth-order valence-electron chi connectivity index (χ4n) is 7.93. The zero-order chi connectivity index (χ0) is 42.3. The average Bonchev–Trinajstić information content (AvgIpc) is 3.21. The highest BCUT2D eigenvalue weighted by Crippen LogP contribution is 2.40. The smallest absolute Gasteiger partial charge is 0.119 e. The molecule has 0 aliphatic heterocycles. The predicted octanol–water partition coefficient (Wildman–Crippen LogP) is 9.66. The number of hydrogen-bond donors (Lipinski definition) is 0. The number of rotatable bonds is 19. The van der Waals surface area contributed by atoms with Crippen LogP contribution in [-0.2, 0) is 5.41 Å². The molecule has 0 heterocycles. The van der Waals surface area contributed by atoms with Crippen LogP contribution >= 0.6 is 0 Å². The first-order chi connectivity index (χ1) is 27.4. The standard InChI is InChI=1S/C50H70O2Si6/c1-50(39-19-15-14-16-20-39,40-21-25-42(26-22-40)51-29-17-31-57(10,11)48-35-44(53(2)3)33-45(36-48)54(4)5)41-23-27-43(28-24-41)52-30-18-32-58(12,13)49-37-46(55(6)7)34-47(38-49)56(8)9/h14-16,19-28,33-38H,17-18,29-32H2,1-13H3. The van der Waals surface area contributed by atoms with Crippen molar-refractivity contribution in [2.75, 3.05) is 13.2 Å². The van der Waals surface area contributed by atoms with Gasteiger partial charge in [0.05, 0.1) is 64.5 Å². The van der Waals surface area contributed by atoms with Gasteiger partial charge in [-0.3, -0.25) is 0 Å². The van der Waals surface area contributed by atoms with E-state index in [1.54, 1.807) is 31.1 Å². The summed E-state index contributed by atoms with van der Waals surface area (Å²) in [6.45, 7) is 33.4. The van der Waals surface area contributed by atoms with Crippen LogP contribution in [0.4, 0.5) is 0 Å². The lowest BCUT2D eigenvalue weighted by Gasteiger charge is -2.32. The summed E-state index contributed by atoms with van der Waals surface area (Å²) in [7, 11) is -5.05. The van der Waals surface area contributed by atoms with Crippen molar-refractivity contribution in [2.45, 2.75) is 116 Å². The molecule has 4 radical (unpaired) electrons. The molecule has 0 bridgehead atoms. The Balaban J connectivity index is 1.22. The van der Waals surface area contributed by atoms with E-state index in [0.717, 1.165) is 37.6 Å². The highest BCUT2D eigenvalue weighted by molar-refractivity contribution is 6.91. The second-order valence-electron chi connectivity index (χ2n) is 18.8. The molecule has 0 amide bonds. The summed E-state index contributed by atoms with van der Waals surface area (Å²) in [6.07, 6.45) is 2.16. The Morgan fingerprint density at radius 2 is 0.741 bits per heavy atom. The van der Waals surface area contributed by atoms with Crippen LogP contribution in [0.3, 0.4) is 0 Å². The topological polar surface area (TPSA) is 18.5 Å². The summed E-state index contributed by atoms with van der Waals surface area (Å²) >= 11 is 0. The van der Waals surface area contributed by atoms with Crippen LogP contribution in [0, 0.1) is 0 Å². The third-order valence-corrected chi connectivity index (χ3v) is 25.1. The second kappa shape index (κ2) is 20.0. The van der Waals surface area contributed by atoms with Gasteiger partial charge in [-0.15, -0.1) is 0 Å². The van der Waals surface area contributed by atoms with Crippen molar-refractivity contribution in [3.8, 4) is 11.5 Å². The number of ether oxygens (including phenoxy) is 2. The van der Waals surface area contributed by atoms with E-state index in [1.165, 1.54) is 28.8 Å². The van der Waals surface area contributed by atoms with E-state index >= 15 is 0 Å². The second-order valence-corrected chi connectivity index (χ2v) is 38.8. The lowest BCUT2D eigenvalue weighted by Crippen LogP contribution is -2.47. The minimum atomic E-state index is -1.58. The van der Waals surface area contributed by atoms with Gasteiger partial charge in [0.1, 0.15) is 11.5 Å². The summed E-state index contributed by atoms with van der Waals surface area (Å²) < 4.78 is 12.8. The van der Waals surface area contributed by atoms with Gasteiger partial charge in [0.2, 0.25) is 0 Å². The lowest BCUT2D eigenvalue weighted by atomic mass is 9.71. The first-order valence-corrected chi connectivity index (χ1v) is 37.9. The minimum absolute atomic E-state index is 0.323.